The molecule has 0 aliphatic carbocycles. The number of benzene rings is 1. The Kier molecular flexibility index (Phi) is 4.07. The first-order valence-electron chi connectivity index (χ1n) is 8.93. The minimum Gasteiger partial charge on any atom is -0.441 e. The zero-order valence-electron chi connectivity index (χ0n) is 14.9. The molecule has 132 valence electrons. The largest absolute Gasteiger partial charge is 0.441 e. The van der Waals surface area contributed by atoms with Crippen LogP contribution >= 0.6 is 0 Å². The summed E-state index contributed by atoms with van der Waals surface area (Å²) in [7, 11) is 1.81. The normalized spacial score (nSPS) is 24.7. The SMILES string of the molecule is Cc1nc2ccccc2nc1CN1CCC[C@@]2(CC1)CN(C)C(=O)O2. The molecule has 1 aromatic heterocycles. The maximum absolute atomic E-state index is 11.8. The molecule has 2 saturated heterocycles. The highest BCUT2D eigenvalue weighted by Crippen LogP contribution is 2.32. The predicted molar refractivity (Wildman–Crippen MR) is 95.2 cm³/mol. The number of amides is 1. The second-order valence-corrected chi connectivity index (χ2v) is 7.28. The molecule has 6 heteroatoms. The third-order valence-corrected chi connectivity index (χ3v) is 5.35. The third-order valence-electron chi connectivity index (χ3n) is 5.35. The van der Waals surface area contributed by atoms with Gasteiger partial charge in [-0.3, -0.25) is 4.90 Å². The van der Waals surface area contributed by atoms with Gasteiger partial charge in [0.1, 0.15) is 5.60 Å². The molecule has 1 aromatic carbocycles. The van der Waals surface area contributed by atoms with E-state index in [-0.39, 0.29) is 11.7 Å². The summed E-state index contributed by atoms with van der Waals surface area (Å²) < 4.78 is 5.69. The van der Waals surface area contributed by atoms with Crippen LogP contribution in [0.1, 0.15) is 30.7 Å². The van der Waals surface area contributed by atoms with Gasteiger partial charge in [0.05, 0.1) is 29.0 Å². The van der Waals surface area contributed by atoms with Crippen LogP contribution in [0, 0.1) is 6.92 Å². The highest BCUT2D eigenvalue weighted by Gasteiger charge is 2.44. The van der Waals surface area contributed by atoms with Crippen molar-refractivity contribution in [1.82, 2.24) is 19.8 Å². The Morgan fingerprint density at radius 1 is 1.16 bits per heavy atom. The quantitative estimate of drug-likeness (QED) is 0.841. The molecule has 0 saturated carbocycles. The Labute approximate surface area is 147 Å². The first kappa shape index (κ1) is 16.3. The van der Waals surface area contributed by atoms with E-state index in [9.17, 15) is 4.79 Å². The Morgan fingerprint density at radius 3 is 2.64 bits per heavy atom. The lowest BCUT2D eigenvalue weighted by Crippen LogP contribution is -2.35. The molecule has 2 aromatic rings. The average Bonchev–Trinajstić information content (AvgIpc) is 2.75. The molecule has 1 spiro atoms. The van der Waals surface area contributed by atoms with Gasteiger partial charge in [0.15, 0.2) is 0 Å². The van der Waals surface area contributed by atoms with Gasteiger partial charge in [0, 0.05) is 26.6 Å². The van der Waals surface area contributed by atoms with Gasteiger partial charge in [-0.2, -0.15) is 0 Å². The number of aromatic nitrogens is 2. The molecule has 6 nitrogen and oxygen atoms in total. The number of para-hydroxylation sites is 2. The summed E-state index contributed by atoms with van der Waals surface area (Å²) in [5.74, 6) is 0. The number of likely N-dealkylation sites (tertiary alicyclic amines) is 1. The summed E-state index contributed by atoms with van der Waals surface area (Å²) in [6, 6.07) is 8.00. The molecule has 1 amide bonds. The Morgan fingerprint density at radius 2 is 1.92 bits per heavy atom. The Hall–Kier alpha value is -2.21. The molecule has 2 fully saturated rings. The monoisotopic (exact) mass is 340 g/mol. The standard InChI is InChI=1S/C19H24N4O2/c1-14-17(21-16-7-4-3-6-15(16)20-14)12-23-10-5-8-19(9-11-23)13-22(2)18(24)25-19/h3-4,6-7H,5,8-13H2,1-2H3/t19-/m1/s1. The number of aryl methyl sites for hydroxylation is 1. The zero-order valence-corrected chi connectivity index (χ0v) is 14.9. The molecule has 0 N–H and O–H groups in total. The van der Waals surface area contributed by atoms with Crippen molar-refractivity contribution in [2.75, 3.05) is 26.7 Å². The summed E-state index contributed by atoms with van der Waals surface area (Å²) in [4.78, 5) is 25.4. The van der Waals surface area contributed by atoms with Crippen LogP contribution in [0.25, 0.3) is 11.0 Å². The molecule has 3 heterocycles. The van der Waals surface area contributed by atoms with Crippen LogP contribution < -0.4 is 0 Å². The maximum atomic E-state index is 11.8. The number of fused-ring (bicyclic) bond motifs is 1. The Bertz CT molecular complexity index is 809. The highest BCUT2D eigenvalue weighted by molar-refractivity contribution is 5.74. The fourth-order valence-corrected chi connectivity index (χ4v) is 3.92. The minimum atomic E-state index is -0.301. The van der Waals surface area contributed by atoms with Gasteiger partial charge in [0.2, 0.25) is 0 Å². The van der Waals surface area contributed by atoms with Gasteiger partial charge in [-0.25, -0.2) is 14.8 Å². The number of likely N-dealkylation sites (N-methyl/N-ethyl adjacent to an activating group) is 1. The van der Waals surface area contributed by atoms with E-state index in [2.05, 4.69) is 4.90 Å². The van der Waals surface area contributed by atoms with Gasteiger partial charge in [0.25, 0.3) is 0 Å². The lowest BCUT2D eigenvalue weighted by atomic mass is 9.95. The predicted octanol–water partition coefficient (Wildman–Crippen LogP) is 2.74. The van der Waals surface area contributed by atoms with E-state index >= 15 is 0 Å². The summed E-state index contributed by atoms with van der Waals surface area (Å²) in [5, 5.41) is 0. The van der Waals surface area contributed by atoms with Gasteiger partial charge < -0.3 is 9.64 Å². The molecular formula is C19H24N4O2. The number of hydrogen-bond acceptors (Lipinski definition) is 5. The van der Waals surface area contributed by atoms with Crippen LogP contribution in [-0.4, -0.2) is 58.1 Å². The van der Waals surface area contributed by atoms with E-state index < -0.39 is 0 Å². The van der Waals surface area contributed by atoms with Crippen LogP contribution in [0.15, 0.2) is 24.3 Å². The van der Waals surface area contributed by atoms with E-state index in [4.69, 9.17) is 14.7 Å². The molecule has 0 unspecified atom stereocenters. The van der Waals surface area contributed by atoms with E-state index in [0.29, 0.717) is 6.54 Å². The second-order valence-electron chi connectivity index (χ2n) is 7.28. The maximum Gasteiger partial charge on any atom is 0.410 e. The van der Waals surface area contributed by atoms with Crippen molar-refractivity contribution in [3.05, 3.63) is 35.7 Å². The van der Waals surface area contributed by atoms with Gasteiger partial charge >= 0.3 is 6.09 Å². The van der Waals surface area contributed by atoms with E-state index in [1.54, 1.807) is 4.90 Å². The van der Waals surface area contributed by atoms with Crippen molar-refractivity contribution in [1.29, 1.82) is 0 Å². The van der Waals surface area contributed by atoms with Crippen molar-refractivity contribution < 1.29 is 9.53 Å². The average molecular weight is 340 g/mol. The molecule has 2 aliphatic heterocycles. The lowest BCUT2D eigenvalue weighted by molar-refractivity contribution is 0.0442. The number of carbonyl (C=O) groups excluding carboxylic acids is 1. The topological polar surface area (TPSA) is 58.6 Å². The van der Waals surface area contributed by atoms with Crippen molar-refractivity contribution in [2.24, 2.45) is 0 Å². The van der Waals surface area contributed by atoms with E-state index in [0.717, 1.165) is 61.3 Å². The lowest BCUT2D eigenvalue weighted by Gasteiger charge is -2.25. The van der Waals surface area contributed by atoms with Crippen LogP contribution in [0.3, 0.4) is 0 Å². The van der Waals surface area contributed by atoms with Gasteiger partial charge in [-0.15, -0.1) is 0 Å². The number of carbonyl (C=O) groups is 1. The number of hydrogen-bond donors (Lipinski definition) is 0. The fourth-order valence-electron chi connectivity index (χ4n) is 3.92. The van der Waals surface area contributed by atoms with Gasteiger partial charge in [-0.05, 0) is 38.4 Å². The summed E-state index contributed by atoms with van der Waals surface area (Å²) >= 11 is 0. The summed E-state index contributed by atoms with van der Waals surface area (Å²) in [6.45, 7) is 5.44. The number of rotatable bonds is 2. The van der Waals surface area contributed by atoms with Crippen molar-refractivity contribution in [3.63, 3.8) is 0 Å². The Balaban J connectivity index is 1.49. The summed E-state index contributed by atoms with van der Waals surface area (Å²) in [6.07, 6.45) is 2.65. The first-order valence-corrected chi connectivity index (χ1v) is 8.93. The van der Waals surface area contributed by atoms with Crippen LogP contribution in [0.4, 0.5) is 4.79 Å². The molecule has 2 aliphatic rings. The third kappa shape index (κ3) is 3.18. The first-order chi connectivity index (χ1) is 12.0. The second kappa shape index (κ2) is 6.26. The molecular weight excluding hydrogens is 316 g/mol. The highest BCUT2D eigenvalue weighted by atomic mass is 16.6. The number of nitrogens with zero attached hydrogens (tertiary/aromatic N) is 4. The van der Waals surface area contributed by atoms with Crippen molar-refractivity contribution in [3.8, 4) is 0 Å². The van der Waals surface area contributed by atoms with Crippen LogP contribution in [-0.2, 0) is 11.3 Å². The fraction of sp³-hybridized carbons (Fsp3) is 0.526. The molecule has 0 radical (unpaired) electrons. The van der Waals surface area contributed by atoms with Crippen LogP contribution in [0.2, 0.25) is 0 Å². The smallest absolute Gasteiger partial charge is 0.410 e. The van der Waals surface area contributed by atoms with Crippen molar-refractivity contribution >= 4 is 17.1 Å². The van der Waals surface area contributed by atoms with Crippen LogP contribution in [0.5, 0.6) is 0 Å². The van der Waals surface area contributed by atoms with Crippen molar-refractivity contribution in [2.45, 2.75) is 38.3 Å². The summed E-state index contributed by atoms with van der Waals surface area (Å²) in [5.41, 5.74) is 3.62. The number of ether oxygens (including phenoxy) is 1. The van der Waals surface area contributed by atoms with E-state index in [1.165, 1.54) is 0 Å². The molecule has 4 rings (SSSR count). The molecule has 25 heavy (non-hydrogen) atoms. The minimum absolute atomic E-state index is 0.190. The molecule has 0 bridgehead atoms. The van der Waals surface area contributed by atoms with E-state index in [1.807, 2.05) is 38.2 Å². The van der Waals surface area contributed by atoms with Gasteiger partial charge in [-0.1, -0.05) is 12.1 Å². The molecule has 1 atom stereocenters. The zero-order chi connectivity index (χ0) is 17.4.